The Morgan fingerprint density at radius 3 is 2.88 bits per heavy atom. The molecule has 0 radical (unpaired) electrons. The summed E-state index contributed by atoms with van der Waals surface area (Å²) >= 11 is 0. The number of fused-ring (bicyclic) bond motifs is 1. The van der Waals surface area contributed by atoms with Crippen LogP contribution >= 0.6 is 0 Å². The van der Waals surface area contributed by atoms with Gasteiger partial charge in [-0.25, -0.2) is 0 Å². The first kappa shape index (κ1) is 10.2. The Morgan fingerprint density at radius 1 is 1.29 bits per heavy atom. The fraction of sp³-hybridized carbons (Fsp3) is 0.231. The molecule has 1 amide bonds. The Morgan fingerprint density at radius 2 is 2.12 bits per heavy atom. The summed E-state index contributed by atoms with van der Waals surface area (Å²) in [6.45, 7) is 0.676. The minimum atomic E-state index is -0.367. The first-order valence-corrected chi connectivity index (χ1v) is 5.68. The lowest BCUT2D eigenvalue weighted by Crippen LogP contribution is -2.34. The number of aromatic nitrogens is 1. The molecule has 4 nitrogen and oxygen atoms in total. The highest BCUT2D eigenvalue weighted by Gasteiger charge is 2.30. The predicted octanol–water partition coefficient (Wildman–Crippen LogP) is 1.30. The number of para-hydroxylation sites is 1. The van der Waals surface area contributed by atoms with Crippen LogP contribution in [-0.2, 0) is 4.79 Å². The SMILES string of the molecule is NC1CCN(c2cccc3cccnc23)C1=O. The van der Waals surface area contributed by atoms with E-state index in [2.05, 4.69) is 4.98 Å². The highest BCUT2D eigenvalue weighted by atomic mass is 16.2. The Labute approximate surface area is 99.0 Å². The topological polar surface area (TPSA) is 59.2 Å². The molecule has 0 saturated carbocycles. The summed E-state index contributed by atoms with van der Waals surface area (Å²) in [6.07, 6.45) is 2.45. The van der Waals surface area contributed by atoms with E-state index in [0.29, 0.717) is 13.0 Å². The lowest BCUT2D eigenvalue weighted by molar-refractivity contribution is -0.118. The van der Waals surface area contributed by atoms with Crippen molar-refractivity contribution < 1.29 is 4.79 Å². The van der Waals surface area contributed by atoms with Crippen molar-refractivity contribution in [1.82, 2.24) is 4.98 Å². The molecule has 2 N–H and O–H groups in total. The zero-order valence-electron chi connectivity index (χ0n) is 9.34. The average Bonchev–Trinajstić information content (AvgIpc) is 2.69. The molecule has 1 aromatic carbocycles. The lowest BCUT2D eigenvalue weighted by Gasteiger charge is -2.17. The third kappa shape index (κ3) is 1.57. The van der Waals surface area contributed by atoms with Gasteiger partial charge < -0.3 is 10.6 Å². The normalized spacial score (nSPS) is 20.2. The van der Waals surface area contributed by atoms with Crippen LogP contribution in [0.1, 0.15) is 6.42 Å². The number of carbonyl (C=O) groups is 1. The van der Waals surface area contributed by atoms with Crippen LogP contribution in [0.3, 0.4) is 0 Å². The van der Waals surface area contributed by atoms with Crippen LogP contribution in [0.4, 0.5) is 5.69 Å². The van der Waals surface area contributed by atoms with Crippen molar-refractivity contribution in [3.63, 3.8) is 0 Å². The van der Waals surface area contributed by atoms with Crippen molar-refractivity contribution in [3.8, 4) is 0 Å². The van der Waals surface area contributed by atoms with Crippen molar-refractivity contribution in [2.45, 2.75) is 12.5 Å². The number of anilines is 1. The van der Waals surface area contributed by atoms with Crippen LogP contribution in [0.5, 0.6) is 0 Å². The Hall–Kier alpha value is -1.94. The molecular formula is C13H13N3O. The summed E-state index contributed by atoms with van der Waals surface area (Å²) in [5.74, 6) is -0.0110. The van der Waals surface area contributed by atoms with Gasteiger partial charge in [-0.3, -0.25) is 9.78 Å². The van der Waals surface area contributed by atoms with Crippen LogP contribution < -0.4 is 10.6 Å². The maximum absolute atomic E-state index is 11.9. The van der Waals surface area contributed by atoms with E-state index in [9.17, 15) is 4.79 Å². The molecule has 86 valence electrons. The van der Waals surface area contributed by atoms with Gasteiger partial charge >= 0.3 is 0 Å². The van der Waals surface area contributed by atoms with Crippen LogP contribution in [0.25, 0.3) is 10.9 Å². The standard InChI is InChI=1S/C13H13N3O/c14-10-6-8-16(13(10)17)11-5-1-3-9-4-2-7-15-12(9)11/h1-5,7,10H,6,8,14H2. The van der Waals surface area contributed by atoms with Gasteiger partial charge in [-0.1, -0.05) is 18.2 Å². The van der Waals surface area contributed by atoms with Gasteiger partial charge in [-0.2, -0.15) is 0 Å². The molecule has 1 aliphatic heterocycles. The van der Waals surface area contributed by atoms with Gasteiger partial charge in [-0.15, -0.1) is 0 Å². The minimum absolute atomic E-state index is 0.0110. The van der Waals surface area contributed by atoms with Crippen molar-refractivity contribution in [3.05, 3.63) is 36.5 Å². The number of hydrogen-bond donors (Lipinski definition) is 1. The molecule has 17 heavy (non-hydrogen) atoms. The van der Waals surface area contributed by atoms with Crippen molar-refractivity contribution in [2.24, 2.45) is 5.73 Å². The lowest BCUT2D eigenvalue weighted by atomic mass is 10.2. The molecule has 0 bridgehead atoms. The zero-order valence-corrected chi connectivity index (χ0v) is 9.34. The smallest absolute Gasteiger partial charge is 0.244 e. The summed E-state index contributed by atoms with van der Waals surface area (Å²) in [4.78, 5) is 18.0. The van der Waals surface area contributed by atoms with E-state index in [4.69, 9.17) is 5.73 Å². The first-order valence-electron chi connectivity index (χ1n) is 5.68. The summed E-state index contributed by atoms with van der Waals surface area (Å²) in [7, 11) is 0. The van der Waals surface area contributed by atoms with Gasteiger partial charge in [0.05, 0.1) is 17.2 Å². The number of carbonyl (C=O) groups excluding carboxylic acids is 1. The molecule has 4 heteroatoms. The summed E-state index contributed by atoms with van der Waals surface area (Å²) in [5.41, 5.74) is 7.46. The third-order valence-electron chi connectivity index (χ3n) is 3.15. The number of nitrogens with two attached hydrogens (primary N) is 1. The van der Waals surface area contributed by atoms with Crippen molar-refractivity contribution in [1.29, 1.82) is 0 Å². The Bertz CT molecular complexity index is 576. The highest BCUT2D eigenvalue weighted by Crippen LogP contribution is 2.27. The average molecular weight is 227 g/mol. The number of benzene rings is 1. The van der Waals surface area contributed by atoms with E-state index < -0.39 is 0 Å². The number of pyridine rings is 1. The highest BCUT2D eigenvalue weighted by molar-refractivity contribution is 6.05. The van der Waals surface area contributed by atoms with Gasteiger partial charge in [0.15, 0.2) is 0 Å². The number of hydrogen-bond acceptors (Lipinski definition) is 3. The maximum atomic E-state index is 11.9. The molecular weight excluding hydrogens is 214 g/mol. The van der Waals surface area contributed by atoms with E-state index in [0.717, 1.165) is 16.6 Å². The second kappa shape index (κ2) is 3.82. The third-order valence-corrected chi connectivity index (χ3v) is 3.15. The Kier molecular flexibility index (Phi) is 2.30. The van der Waals surface area contributed by atoms with Gasteiger partial charge in [0.2, 0.25) is 5.91 Å². The number of nitrogens with zero attached hydrogens (tertiary/aromatic N) is 2. The second-order valence-electron chi connectivity index (χ2n) is 4.24. The van der Waals surface area contributed by atoms with Crippen LogP contribution in [0, 0.1) is 0 Å². The van der Waals surface area contributed by atoms with Crippen LogP contribution in [0.2, 0.25) is 0 Å². The van der Waals surface area contributed by atoms with Crippen molar-refractivity contribution >= 4 is 22.5 Å². The second-order valence-corrected chi connectivity index (χ2v) is 4.24. The van der Waals surface area contributed by atoms with E-state index in [1.54, 1.807) is 11.1 Å². The molecule has 1 aromatic heterocycles. The molecule has 0 aliphatic carbocycles. The van der Waals surface area contributed by atoms with E-state index in [-0.39, 0.29) is 11.9 Å². The van der Waals surface area contributed by atoms with Gasteiger partial charge in [0.1, 0.15) is 0 Å². The van der Waals surface area contributed by atoms with Crippen LogP contribution in [-0.4, -0.2) is 23.5 Å². The fourth-order valence-corrected chi connectivity index (χ4v) is 2.25. The molecule has 2 aromatic rings. The van der Waals surface area contributed by atoms with E-state index >= 15 is 0 Å². The molecule has 0 spiro atoms. The van der Waals surface area contributed by atoms with Gasteiger partial charge in [0.25, 0.3) is 0 Å². The molecule has 1 unspecified atom stereocenters. The molecule has 3 rings (SSSR count). The molecule has 1 aliphatic rings. The molecule has 1 atom stereocenters. The monoisotopic (exact) mass is 227 g/mol. The number of amides is 1. The Balaban J connectivity index is 2.15. The van der Waals surface area contributed by atoms with Crippen molar-refractivity contribution in [2.75, 3.05) is 11.4 Å². The molecule has 2 heterocycles. The van der Waals surface area contributed by atoms with Gasteiger partial charge in [-0.05, 0) is 18.6 Å². The number of rotatable bonds is 1. The summed E-state index contributed by atoms with van der Waals surface area (Å²) < 4.78 is 0. The van der Waals surface area contributed by atoms with Crippen LogP contribution in [0.15, 0.2) is 36.5 Å². The first-order chi connectivity index (χ1) is 8.27. The van der Waals surface area contributed by atoms with E-state index in [1.165, 1.54) is 0 Å². The zero-order chi connectivity index (χ0) is 11.8. The summed E-state index contributed by atoms with van der Waals surface area (Å²) in [6, 6.07) is 9.37. The largest absolute Gasteiger partial charge is 0.320 e. The minimum Gasteiger partial charge on any atom is -0.320 e. The van der Waals surface area contributed by atoms with E-state index in [1.807, 2.05) is 30.3 Å². The predicted molar refractivity (Wildman–Crippen MR) is 66.7 cm³/mol. The summed E-state index contributed by atoms with van der Waals surface area (Å²) in [5, 5.41) is 1.04. The fourth-order valence-electron chi connectivity index (χ4n) is 2.25. The maximum Gasteiger partial charge on any atom is 0.244 e. The quantitative estimate of drug-likeness (QED) is 0.798. The van der Waals surface area contributed by atoms with Gasteiger partial charge in [0, 0.05) is 18.1 Å². The molecule has 1 fully saturated rings. The molecule has 1 saturated heterocycles.